The molecule has 0 amide bonds. The third-order valence-corrected chi connectivity index (χ3v) is 7.86. The number of carbonyl (C=O) groups is 2. The number of carbonyl (C=O) groups excluding carboxylic acids is 2. The van der Waals surface area contributed by atoms with Gasteiger partial charge in [0, 0.05) is 22.3 Å². The predicted molar refractivity (Wildman–Crippen MR) is 178 cm³/mol. The van der Waals surface area contributed by atoms with Crippen LogP contribution in [0.3, 0.4) is 0 Å². The number of rotatable bonds is 10. The van der Waals surface area contributed by atoms with Gasteiger partial charge in [-0.2, -0.15) is 0 Å². The minimum atomic E-state index is -0.131. The molecule has 0 spiro atoms. The molecule has 4 nitrogen and oxygen atoms in total. The number of ether oxygens (including phenoxy) is 2. The Kier molecular flexibility index (Phi) is 9.06. The monoisotopic (exact) mass is 628 g/mol. The summed E-state index contributed by atoms with van der Waals surface area (Å²) in [6.07, 6.45) is 0.748. The molecule has 0 heterocycles. The molecule has 6 aromatic carbocycles. The van der Waals surface area contributed by atoms with Gasteiger partial charge in [-0.1, -0.05) is 71.7 Å². The van der Waals surface area contributed by atoms with Crippen molar-refractivity contribution in [3.63, 3.8) is 0 Å². The van der Waals surface area contributed by atoms with Crippen LogP contribution in [0.2, 0.25) is 10.0 Å². The average Bonchev–Trinajstić information content (AvgIpc) is 3.07. The Balaban J connectivity index is 1.02. The zero-order chi connectivity index (χ0) is 31.2. The van der Waals surface area contributed by atoms with Gasteiger partial charge in [0.15, 0.2) is 11.6 Å². The summed E-state index contributed by atoms with van der Waals surface area (Å²) in [7, 11) is 0. The van der Waals surface area contributed by atoms with Crippen LogP contribution in [0.1, 0.15) is 43.0 Å². The highest BCUT2D eigenvalue weighted by atomic mass is 35.5. The molecule has 0 atom stereocenters. The Morgan fingerprint density at radius 2 is 0.733 bits per heavy atom. The molecule has 0 saturated heterocycles. The van der Waals surface area contributed by atoms with Gasteiger partial charge in [-0.05, 0) is 115 Å². The number of hydrogen-bond acceptors (Lipinski definition) is 4. The fourth-order valence-corrected chi connectivity index (χ4v) is 5.25. The first-order valence-electron chi connectivity index (χ1n) is 14.2. The van der Waals surface area contributed by atoms with Crippen LogP contribution in [-0.4, -0.2) is 11.6 Å². The first kappa shape index (κ1) is 29.9. The second-order valence-electron chi connectivity index (χ2n) is 10.3. The van der Waals surface area contributed by atoms with Gasteiger partial charge >= 0.3 is 0 Å². The van der Waals surface area contributed by atoms with Crippen LogP contribution in [-0.2, 0) is 6.42 Å². The second kappa shape index (κ2) is 13.6. The van der Waals surface area contributed by atoms with Gasteiger partial charge in [0.1, 0.15) is 23.0 Å². The van der Waals surface area contributed by atoms with Crippen molar-refractivity contribution in [2.45, 2.75) is 6.42 Å². The van der Waals surface area contributed by atoms with Crippen LogP contribution in [0.5, 0.6) is 23.0 Å². The third-order valence-electron chi connectivity index (χ3n) is 7.20. The highest BCUT2D eigenvalue weighted by Gasteiger charge is 2.14. The molecule has 0 N–H and O–H groups in total. The van der Waals surface area contributed by atoms with E-state index in [1.165, 1.54) is 0 Å². The second-order valence-corrected chi connectivity index (χ2v) is 11.1. The summed E-state index contributed by atoms with van der Waals surface area (Å²) in [4.78, 5) is 25.5. The van der Waals surface area contributed by atoms with Crippen LogP contribution in [0.4, 0.5) is 0 Å². The number of halogens is 2. The summed E-state index contributed by atoms with van der Waals surface area (Å²) >= 11 is 12.4. The van der Waals surface area contributed by atoms with Crippen LogP contribution in [0, 0.1) is 0 Å². The maximum absolute atomic E-state index is 12.8. The predicted octanol–water partition coefficient (Wildman–Crippen LogP) is 10.6. The van der Waals surface area contributed by atoms with Gasteiger partial charge in [0.2, 0.25) is 0 Å². The van der Waals surface area contributed by atoms with Crippen LogP contribution >= 0.6 is 23.2 Å². The van der Waals surface area contributed by atoms with Gasteiger partial charge in [-0.25, -0.2) is 0 Å². The topological polar surface area (TPSA) is 52.6 Å². The molecule has 0 unspecified atom stereocenters. The molecule has 6 heteroatoms. The van der Waals surface area contributed by atoms with Gasteiger partial charge < -0.3 is 9.47 Å². The maximum Gasteiger partial charge on any atom is 0.194 e. The summed E-state index contributed by atoms with van der Waals surface area (Å²) in [5, 5.41) is 0.859. The van der Waals surface area contributed by atoms with E-state index in [-0.39, 0.29) is 11.6 Å². The average molecular weight is 630 g/mol. The normalized spacial score (nSPS) is 10.7. The van der Waals surface area contributed by atoms with Crippen LogP contribution < -0.4 is 9.47 Å². The van der Waals surface area contributed by atoms with E-state index in [2.05, 4.69) is 0 Å². The van der Waals surface area contributed by atoms with Crippen molar-refractivity contribution in [1.82, 2.24) is 0 Å². The third kappa shape index (κ3) is 7.32. The zero-order valence-corrected chi connectivity index (χ0v) is 25.5. The van der Waals surface area contributed by atoms with E-state index in [0.29, 0.717) is 55.3 Å². The Labute approximate surface area is 271 Å². The van der Waals surface area contributed by atoms with Gasteiger partial charge in [-0.3, -0.25) is 9.59 Å². The molecule has 0 bridgehead atoms. The molecule has 0 aromatic heterocycles. The molecule has 0 aliphatic rings. The first-order chi connectivity index (χ1) is 21.9. The fourth-order valence-electron chi connectivity index (χ4n) is 4.81. The molecule has 0 aliphatic heterocycles. The maximum atomic E-state index is 12.8. The molecular weight excluding hydrogens is 603 g/mol. The molecule has 6 aromatic rings. The lowest BCUT2D eigenvalue weighted by Crippen LogP contribution is -2.01. The van der Waals surface area contributed by atoms with E-state index >= 15 is 0 Å². The minimum Gasteiger partial charge on any atom is -0.457 e. The highest BCUT2D eigenvalue weighted by Crippen LogP contribution is 2.27. The fraction of sp³-hybridized carbons (Fsp3) is 0.0256. The van der Waals surface area contributed by atoms with Crippen LogP contribution in [0.15, 0.2) is 146 Å². The highest BCUT2D eigenvalue weighted by molar-refractivity contribution is 6.35. The van der Waals surface area contributed by atoms with Crippen molar-refractivity contribution in [3.05, 3.63) is 189 Å². The summed E-state index contributed by atoms with van der Waals surface area (Å²) < 4.78 is 12.0. The van der Waals surface area contributed by atoms with E-state index in [1.807, 2.05) is 48.5 Å². The molecule has 0 saturated carbocycles. The lowest BCUT2D eigenvalue weighted by atomic mass is 10.0. The van der Waals surface area contributed by atoms with E-state index in [1.54, 1.807) is 97.1 Å². The summed E-state index contributed by atoms with van der Waals surface area (Å²) in [6, 6.07) is 43.9. The quantitative estimate of drug-likeness (QED) is 0.142. The van der Waals surface area contributed by atoms with E-state index in [4.69, 9.17) is 32.7 Å². The van der Waals surface area contributed by atoms with Gasteiger partial charge in [0.05, 0.1) is 10.0 Å². The van der Waals surface area contributed by atoms with Crippen molar-refractivity contribution < 1.29 is 19.1 Å². The Bertz CT molecular complexity index is 1800. The molecule has 45 heavy (non-hydrogen) atoms. The molecule has 0 aliphatic carbocycles. The SMILES string of the molecule is O=C(c1ccc(Oc2ccc(Cc3ccc(Oc4ccc(C(=O)c5ccccc5Cl)cc4)cc3)cc2)cc1)c1ccccc1Cl. The van der Waals surface area contributed by atoms with Crippen molar-refractivity contribution in [2.24, 2.45) is 0 Å². The van der Waals surface area contributed by atoms with Crippen molar-refractivity contribution >= 4 is 34.8 Å². The number of hydrogen-bond donors (Lipinski definition) is 0. The molecule has 0 radical (unpaired) electrons. The summed E-state index contributed by atoms with van der Waals surface area (Å²) in [5.41, 5.74) is 4.30. The molecule has 220 valence electrons. The number of benzene rings is 6. The Morgan fingerprint density at radius 3 is 1.07 bits per heavy atom. The molecule has 6 rings (SSSR count). The number of ketones is 2. The van der Waals surface area contributed by atoms with Crippen molar-refractivity contribution in [3.8, 4) is 23.0 Å². The van der Waals surface area contributed by atoms with E-state index < -0.39 is 0 Å². The largest absolute Gasteiger partial charge is 0.457 e. The van der Waals surface area contributed by atoms with Crippen molar-refractivity contribution in [2.75, 3.05) is 0 Å². The van der Waals surface area contributed by atoms with E-state index in [0.717, 1.165) is 17.5 Å². The smallest absolute Gasteiger partial charge is 0.194 e. The van der Waals surface area contributed by atoms with Gasteiger partial charge in [-0.15, -0.1) is 0 Å². The zero-order valence-electron chi connectivity index (χ0n) is 24.0. The Hall–Kier alpha value is -5.16. The standard InChI is InChI=1S/C39H26Cl2O4/c40-36-7-3-1-5-34(36)38(42)28-13-21-32(22-14-28)44-30-17-9-26(10-18-30)25-27-11-19-31(20-12-27)45-33-23-15-29(16-24-33)39(43)35-6-2-4-8-37(35)41/h1-24H,25H2. The van der Waals surface area contributed by atoms with Crippen LogP contribution in [0.25, 0.3) is 0 Å². The summed E-state index contributed by atoms with van der Waals surface area (Å²) in [6.45, 7) is 0. The lowest BCUT2D eigenvalue weighted by molar-refractivity contribution is 0.103. The van der Waals surface area contributed by atoms with Crippen molar-refractivity contribution in [1.29, 1.82) is 0 Å². The van der Waals surface area contributed by atoms with E-state index in [9.17, 15) is 9.59 Å². The lowest BCUT2D eigenvalue weighted by Gasteiger charge is -2.10. The first-order valence-corrected chi connectivity index (χ1v) is 15.0. The minimum absolute atomic E-state index is 0.131. The molecular formula is C39H26Cl2O4. The molecule has 0 fully saturated rings. The summed E-state index contributed by atoms with van der Waals surface area (Å²) in [5.74, 6) is 2.41. The van der Waals surface area contributed by atoms with Gasteiger partial charge in [0.25, 0.3) is 0 Å². The Morgan fingerprint density at radius 1 is 0.422 bits per heavy atom.